The van der Waals surface area contributed by atoms with Gasteiger partial charge in [0.25, 0.3) is 0 Å². The second-order valence-corrected chi connectivity index (χ2v) is 5.43. The summed E-state index contributed by atoms with van der Waals surface area (Å²) in [5.74, 6) is -0.958. The van der Waals surface area contributed by atoms with Crippen LogP contribution in [-0.2, 0) is 9.53 Å². The fourth-order valence-electron chi connectivity index (χ4n) is 2.01. The minimum Gasteiger partial charge on any atom is -0.481 e. The molecule has 114 valence electrons. The molecule has 0 saturated carbocycles. The van der Waals surface area contributed by atoms with E-state index in [1.165, 1.54) is 4.90 Å². The molecule has 0 aliphatic carbocycles. The molecule has 8 heteroatoms. The number of rotatable bonds is 3. The Morgan fingerprint density at radius 2 is 2.19 bits per heavy atom. The van der Waals surface area contributed by atoms with Gasteiger partial charge < -0.3 is 20.1 Å². The molecule has 21 heavy (non-hydrogen) atoms. The number of carboxylic acids is 1. The third-order valence-electron chi connectivity index (χ3n) is 3.00. The highest BCUT2D eigenvalue weighted by molar-refractivity contribution is 6.35. The zero-order valence-electron chi connectivity index (χ0n) is 11.0. The largest absolute Gasteiger partial charge is 0.481 e. The van der Waals surface area contributed by atoms with Crippen molar-refractivity contribution in [3.05, 3.63) is 28.2 Å². The highest BCUT2D eigenvalue weighted by atomic mass is 35.5. The second kappa shape index (κ2) is 6.98. The van der Waals surface area contributed by atoms with E-state index in [0.717, 1.165) is 0 Å². The molecule has 1 aromatic rings. The maximum atomic E-state index is 12.2. The molecule has 1 aliphatic rings. The van der Waals surface area contributed by atoms with Crippen LogP contribution in [0.1, 0.15) is 6.42 Å². The van der Waals surface area contributed by atoms with E-state index in [1.54, 1.807) is 18.2 Å². The van der Waals surface area contributed by atoms with Crippen molar-refractivity contribution in [3.8, 4) is 0 Å². The van der Waals surface area contributed by atoms with E-state index < -0.39 is 12.1 Å². The zero-order chi connectivity index (χ0) is 15.4. The quantitative estimate of drug-likeness (QED) is 0.891. The van der Waals surface area contributed by atoms with Gasteiger partial charge >= 0.3 is 12.0 Å². The summed E-state index contributed by atoms with van der Waals surface area (Å²) in [5.41, 5.74) is 0.412. The lowest BCUT2D eigenvalue weighted by Crippen LogP contribution is -2.47. The summed E-state index contributed by atoms with van der Waals surface area (Å²) in [4.78, 5) is 24.4. The predicted molar refractivity (Wildman–Crippen MR) is 79.0 cm³/mol. The van der Waals surface area contributed by atoms with Gasteiger partial charge in [-0.15, -0.1) is 0 Å². The van der Waals surface area contributed by atoms with E-state index in [0.29, 0.717) is 28.9 Å². The van der Waals surface area contributed by atoms with Crippen molar-refractivity contribution in [1.29, 1.82) is 0 Å². The number of aliphatic carboxylic acids is 1. The smallest absolute Gasteiger partial charge is 0.322 e. The van der Waals surface area contributed by atoms with Crippen molar-refractivity contribution in [2.45, 2.75) is 12.5 Å². The summed E-state index contributed by atoms with van der Waals surface area (Å²) in [6, 6.07) is 4.40. The number of benzene rings is 1. The molecule has 0 spiro atoms. The molecule has 1 unspecified atom stereocenters. The number of carbonyl (C=O) groups excluding carboxylic acids is 1. The first kappa shape index (κ1) is 15.9. The van der Waals surface area contributed by atoms with E-state index in [1.807, 2.05) is 0 Å². The van der Waals surface area contributed by atoms with Gasteiger partial charge in [0.15, 0.2) is 0 Å². The van der Waals surface area contributed by atoms with Crippen LogP contribution in [0.2, 0.25) is 10.0 Å². The Kier molecular flexibility index (Phi) is 5.27. The first-order chi connectivity index (χ1) is 9.95. The van der Waals surface area contributed by atoms with Gasteiger partial charge in [0, 0.05) is 18.1 Å². The molecule has 1 aromatic carbocycles. The normalized spacial score (nSPS) is 18.4. The lowest BCUT2D eigenvalue weighted by molar-refractivity contribution is -0.141. The molecule has 1 saturated heterocycles. The van der Waals surface area contributed by atoms with Gasteiger partial charge in [0.2, 0.25) is 0 Å². The van der Waals surface area contributed by atoms with E-state index in [2.05, 4.69) is 5.32 Å². The van der Waals surface area contributed by atoms with E-state index in [-0.39, 0.29) is 19.0 Å². The standard InChI is InChI=1S/C13H14Cl2N2O4/c14-8-1-2-10(15)11(5-8)16-13(20)17-3-4-21-9(7-17)6-12(18)19/h1-2,5,9H,3-4,6-7H2,(H,16,20)(H,18,19). The van der Waals surface area contributed by atoms with Gasteiger partial charge in [-0.1, -0.05) is 23.2 Å². The van der Waals surface area contributed by atoms with E-state index >= 15 is 0 Å². The Morgan fingerprint density at radius 3 is 2.90 bits per heavy atom. The molecular formula is C13H14Cl2N2O4. The molecule has 6 nitrogen and oxygen atoms in total. The van der Waals surface area contributed by atoms with Crippen molar-refractivity contribution < 1.29 is 19.4 Å². The number of anilines is 1. The number of amides is 2. The Labute approximate surface area is 131 Å². The number of urea groups is 1. The minimum absolute atomic E-state index is 0.137. The van der Waals surface area contributed by atoms with Crippen LogP contribution in [0.3, 0.4) is 0 Å². The Morgan fingerprint density at radius 1 is 1.43 bits per heavy atom. The zero-order valence-corrected chi connectivity index (χ0v) is 12.5. The molecule has 1 aliphatic heterocycles. The van der Waals surface area contributed by atoms with Crippen molar-refractivity contribution in [1.82, 2.24) is 4.90 Å². The van der Waals surface area contributed by atoms with E-state index in [9.17, 15) is 9.59 Å². The van der Waals surface area contributed by atoms with Crippen LogP contribution < -0.4 is 5.32 Å². The number of ether oxygens (including phenoxy) is 1. The Bertz CT molecular complexity index is 553. The number of halogens is 2. The Balaban J connectivity index is 1.99. The average Bonchev–Trinajstić information content (AvgIpc) is 2.42. The molecule has 1 fully saturated rings. The molecular weight excluding hydrogens is 319 g/mol. The van der Waals surface area contributed by atoms with Gasteiger partial charge in [0.1, 0.15) is 0 Å². The van der Waals surface area contributed by atoms with Crippen LogP contribution in [0.25, 0.3) is 0 Å². The number of nitrogens with one attached hydrogen (secondary N) is 1. The predicted octanol–water partition coefficient (Wildman–Crippen LogP) is 2.70. The molecule has 0 bridgehead atoms. The van der Waals surface area contributed by atoms with Crippen LogP contribution in [-0.4, -0.2) is 47.8 Å². The summed E-state index contributed by atoms with van der Waals surface area (Å²) in [5, 5.41) is 12.3. The third-order valence-corrected chi connectivity index (χ3v) is 3.56. The summed E-state index contributed by atoms with van der Waals surface area (Å²) in [6.07, 6.45) is -0.640. The first-order valence-electron chi connectivity index (χ1n) is 6.30. The number of hydrogen-bond donors (Lipinski definition) is 2. The lowest BCUT2D eigenvalue weighted by atomic mass is 10.2. The average molecular weight is 333 g/mol. The number of morpholine rings is 1. The number of nitrogens with zero attached hydrogens (tertiary/aromatic N) is 1. The number of hydrogen-bond acceptors (Lipinski definition) is 3. The topological polar surface area (TPSA) is 78.9 Å². The second-order valence-electron chi connectivity index (χ2n) is 4.59. The molecule has 0 aromatic heterocycles. The molecule has 2 N–H and O–H groups in total. The van der Waals surface area contributed by atoms with Crippen LogP contribution in [0.15, 0.2) is 18.2 Å². The molecule has 2 rings (SSSR count). The summed E-state index contributed by atoms with van der Waals surface area (Å²) >= 11 is 11.8. The summed E-state index contributed by atoms with van der Waals surface area (Å²) in [6.45, 7) is 0.908. The maximum Gasteiger partial charge on any atom is 0.322 e. The highest BCUT2D eigenvalue weighted by Crippen LogP contribution is 2.25. The fourth-order valence-corrected chi connectivity index (χ4v) is 2.35. The minimum atomic E-state index is -0.958. The summed E-state index contributed by atoms with van der Waals surface area (Å²) < 4.78 is 5.31. The van der Waals surface area contributed by atoms with Crippen molar-refractivity contribution in [2.75, 3.05) is 25.0 Å². The first-order valence-corrected chi connectivity index (χ1v) is 7.05. The monoisotopic (exact) mass is 332 g/mol. The SMILES string of the molecule is O=C(O)CC1CN(C(=O)Nc2cc(Cl)ccc2Cl)CCO1. The van der Waals surface area contributed by atoms with Crippen LogP contribution in [0.4, 0.5) is 10.5 Å². The van der Waals surface area contributed by atoms with Gasteiger partial charge in [-0.2, -0.15) is 0 Å². The van der Waals surface area contributed by atoms with E-state index in [4.69, 9.17) is 33.0 Å². The van der Waals surface area contributed by atoms with Crippen molar-refractivity contribution >= 4 is 40.9 Å². The number of carbonyl (C=O) groups is 2. The molecule has 1 atom stereocenters. The highest BCUT2D eigenvalue weighted by Gasteiger charge is 2.26. The van der Waals surface area contributed by atoms with Crippen LogP contribution >= 0.6 is 23.2 Å². The maximum absolute atomic E-state index is 12.2. The molecule has 0 radical (unpaired) electrons. The van der Waals surface area contributed by atoms with Crippen molar-refractivity contribution in [3.63, 3.8) is 0 Å². The number of carboxylic acid groups (broad SMARTS) is 1. The molecule has 1 heterocycles. The lowest BCUT2D eigenvalue weighted by Gasteiger charge is -2.32. The summed E-state index contributed by atoms with van der Waals surface area (Å²) in [7, 11) is 0. The van der Waals surface area contributed by atoms with Gasteiger partial charge in [-0.05, 0) is 18.2 Å². The van der Waals surface area contributed by atoms with Gasteiger partial charge in [-0.3, -0.25) is 4.79 Å². The molecule has 2 amide bonds. The van der Waals surface area contributed by atoms with Crippen molar-refractivity contribution in [2.24, 2.45) is 0 Å². The van der Waals surface area contributed by atoms with Gasteiger partial charge in [-0.25, -0.2) is 4.79 Å². The van der Waals surface area contributed by atoms with Gasteiger partial charge in [0.05, 0.1) is 29.8 Å². The van der Waals surface area contributed by atoms with Crippen LogP contribution in [0, 0.1) is 0 Å². The fraction of sp³-hybridized carbons (Fsp3) is 0.385. The van der Waals surface area contributed by atoms with Crippen LogP contribution in [0.5, 0.6) is 0 Å². The third kappa shape index (κ3) is 4.49. The Hall–Kier alpha value is -1.50.